The number of nitrogens with zero attached hydrogens (tertiary/aromatic N) is 2. The van der Waals surface area contributed by atoms with Gasteiger partial charge in [-0.15, -0.1) is 0 Å². The largest absolute Gasteiger partial charge is 0.396 e. The van der Waals surface area contributed by atoms with E-state index in [1.807, 2.05) is 13.8 Å². The number of anilines is 1. The second-order valence-corrected chi connectivity index (χ2v) is 6.53. The minimum absolute atomic E-state index is 0.172. The van der Waals surface area contributed by atoms with Gasteiger partial charge in [-0.3, -0.25) is 4.79 Å². The first-order valence-electron chi connectivity index (χ1n) is 7.83. The van der Waals surface area contributed by atoms with Crippen LogP contribution in [0.4, 0.5) is 5.69 Å². The van der Waals surface area contributed by atoms with Crippen LogP contribution in [0, 0.1) is 11.8 Å². The van der Waals surface area contributed by atoms with E-state index in [1.165, 1.54) is 12.6 Å². The van der Waals surface area contributed by atoms with Crippen LogP contribution < -0.4 is 11.1 Å². The van der Waals surface area contributed by atoms with Crippen molar-refractivity contribution in [3.63, 3.8) is 0 Å². The Balaban J connectivity index is 2.14. The summed E-state index contributed by atoms with van der Waals surface area (Å²) in [5, 5.41) is 3.11. The molecule has 1 aliphatic carbocycles. The van der Waals surface area contributed by atoms with Crippen molar-refractivity contribution in [1.82, 2.24) is 15.3 Å². The molecule has 3 atom stereocenters. The molecule has 0 aromatic carbocycles. The first-order valence-corrected chi connectivity index (χ1v) is 7.83. The van der Waals surface area contributed by atoms with Crippen LogP contribution in [-0.4, -0.2) is 21.9 Å². The van der Waals surface area contributed by atoms with Gasteiger partial charge in [-0.25, -0.2) is 9.97 Å². The van der Waals surface area contributed by atoms with Gasteiger partial charge in [0.2, 0.25) is 0 Å². The number of nitrogens with one attached hydrogen (secondary N) is 1. The van der Waals surface area contributed by atoms with Gasteiger partial charge in [0.15, 0.2) is 5.69 Å². The summed E-state index contributed by atoms with van der Waals surface area (Å²) < 4.78 is 0. The molecule has 5 nitrogen and oxygen atoms in total. The van der Waals surface area contributed by atoms with E-state index in [0.29, 0.717) is 29.0 Å². The molecular weight excluding hydrogens is 264 g/mol. The summed E-state index contributed by atoms with van der Waals surface area (Å²) in [5.41, 5.74) is 6.52. The molecule has 5 heteroatoms. The molecular formula is C16H26N4O. The molecule has 1 aliphatic rings. The van der Waals surface area contributed by atoms with Crippen molar-refractivity contribution in [3.8, 4) is 0 Å². The van der Waals surface area contributed by atoms with Gasteiger partial charge < -0.3 is 11.1 Å². The molecule has 0 bridgehead atoms. The van der Waals surface area contributed by atoms with E-state index in [4.69, 9.17) is 5.73 Å². The van der Waals surface area contributed by atoms with Gasteiger partial charge in [0.25, 0.3) is 5.91 Å². The van der Waals surface area contributed by atoms with Crippen LogP contribution in [0.2, 0.25) is 0 Å². The highest BCUT2D eigenvalue weighted by atomic mass is 16.2. The predicted molar refractivity (Wildman–Crippen MR) is 84.0 cm³/mol. The fraction of sp³-hybridized carbons (Fsp3) is 0.688. The number of amides is 1. The Morgan fingerprint density at radius 1 is 1.38 bits per heavy atom. The van der Waals surface area contributed by atoms with Crippen molar-refractivity contribution in [2.45, 2.75) is 58.9 Å². The number of carbonyl (C=O) groups excluding carboxylic acids is 1. The molecule has 0 saturated heterocycles. The molecule has 1 heterocycles. The number of hydrogen-bond acceptors (Lipinski definition) is 4. The molecule has 3 N–H and O–H groups in total. The van der Waals surface area contributed by atoms with E-state index >= 15 is 0 Å². The zero-order valence-electron chi connectivity index (χ0n) is 13.4. The summed E-state index contributed by atoms with van der Waals surface area (Å²) in [7, 11) is 0. The van der Waals surface area contributed by atoms with Crippen molar-refractivity contribution >= 4 is 11.6 Å². The second-order valence-electron chi connectivity index (χ2n) is 6.53. The molecule has 2 rings (SSSR count). The molecule has 1 fully saturated rings. The van der Waals surface area contributed by atoms with Crippen LogP contribution in [0.5, 0.6) is 0 Å². The summed E-state index contributed by atoms with van der Waals surface area (Å²) in [4.78, 5) is 21.0. The number of nitrogens with two attached hydrogens (primary N) is 1. The minimum atomic E-state index is -0.178. The van der Waals surface area contributed by atoms with Gasteiger partial charge in [-0.1, -0.05) is 40.5 Å². The zero-order valence-corrected chi connectivity index (χ0v) is 13.4. The van der Waals surface area contributed by atoms with E-state index in [9.17, 15) is 4.79 Å². The molecule has 1 aromatic rings. The zero-order chi connectivity index (χ0) is 15.6. The Kier molecular flexibility index (Phi) is 4.80. The Hall–Kier alpha value is -1.65. The monoisotopic (exact) mass is 290 g/mol. The van der Waals surface area contributed by atoms with Crippen molar-refractivity contribution in [1.29, 1.82) is 0 Å². The molecule has 116 valence electrons. The molecule has 0 spiro atoms. The fourth-order valence-corrected chi connectivity index (χ4v) is 2.89. The van der Waals surface area contributed by atoms with Gasteiger partial charge in [-0.2, -0.15) is 0 Å². The third-order valence-corrected chi connectivity index (χ3v) is 4.59. The van der Waals surface area contributed by atoms with Crippen molar-refractivity contribution in [2.24, 2.45) is 11.8 Å². The maximum Gasteiger partial charge on any atom is 0.272 e. The molecule has 1 amide bonds. The van der Waals surface area contributed by atoms with Crippen molar-refractivity contribution in [3.05, 3.63) is 17.7 Å². The van der Waals surface area contributed by atoms with E-state index in [2.05, 4.69) is 29.1 Å². The lowest BCUT2D eigenvalue weighted by Gasteiger charge is -2.34. The third kappa shape index (κ3) is 3.52. The van der Waals surface area contributed by atoms with Crippen molar-refractivity contribution in [2.75, 3.05) is 5.73 Å². The minimum Gasteiger partial charge on any atom is -0.396 e. The van der Waals surface area contributed by atoms with Crippen LogP contribution in [-0.2, 0) is 0 Å². The lowest BCUT2D eigenvalue weighted by molar-refractivity contribution is 0.0886. The van der Waals surface area contributed by atoms with Gasteiger partial charge in [0.05, 0.1) is 11.9 Å². The molecule has 1 aromatic heterocycles. The Labute approximate surface area is 126 Å². The van der Waals surface area contributed by atoms with Crippen LogP contribution in [0.1, 0.15) is 69.2 Å². The summed E-state index contributed by atoms with van der Waals surface area (Å²) >= 11 is 0. The van der Waals surface area contributed by atoms with Gasteiger partial charge in [0.1, 0.15) is 5.82 Å². The van der Waals surface area contributed by atoms with E-state index in [0.717, 1.165) is 12.8 Å². The van der Waals surface area contributed by atoms with Crippen LogP contribution in [0.15, 0.2) is 6.20 Å². The molecule has 21 heavy (non-hydrogen) atoms. The van der Waals surface area contributed by atoms with Crippen LogP contribution in [0.25, 0.3) is 0 Å². The lowest BCUT2D eigenvalue weighted by atomic mass is 9.78. The standard InChI is InChI=1S/C16H26N4O/c1-9(2)15-18-8-12(17)14(20-15)16(21)19-13-7-5-6-10(3)11(13)4/h8-11,13H,5-7,17H2,1-4H3,(H,19,21). The summed E-state index contributed by atoms with van der Waals surface area (Å²) in [6.07, 6.45) is 4.96. The molecule has 3 unspecified atom stereocenters. The maximum absolute atomic E-state index is 12.5. The Morgan fingerprint density at radius 2 is 2.10 bits per heavy atom. The first-order chi connectivity index (χ1) is 9.90. The first kappa shape index (κ1) is 15.7. The number of aromatic nitrogens is 2. The predicted octanol–water partition coefficient (Wildman–Crippen LogP) is 2.74. The van der Waals surface area contributed by atoms with Gasteiger partial charge in [-0.05, 0) is 18.3 Å². The quantitative estimate of drug-likeness (QED) is 0.897. The highest BCUT2D eigenvalue weighted by Gasteiger charge is 2.29. The third-order valence-electron chi connectivity index (χ3n) is 4.59. The van der Waals surface area contributed by atoms with E-state index in [1.54, 1.807) is 0 Å². The number of rotatable bonds is 3. The highest BCUT2D eigenvalue weighted by molar-refractivity contribution is 5.97. The SMILES string of the molecule is CC(C)c1ncc(N)c(C(=O)NC2CCCC(C)C2C)n1. The van der Waals surface area contributed by atoms with Crippen LogP contribution in [0.3, 0.4) is 0 Å². The van der Waals surface area contributed by atoms with Crippen molar-refractivity contribution < 1.29 is 4.79 Å². The number of nitrogen functional groups attached to an aromatic ring is 1. The van der Waals surface area contributed by atoms with E-state index < -0.39 is 0 Å². The summed E-state index contributed by atoms with van der Waals surface area (Å²) in [6, 6.07) is 0.207. The van der Waals surface area contributed by atoms with Crippen LogP contribution >= 0.6 is 0 Å². The molecule has 1 saturated carbocycles. The summed E-state index contributed by atoms with van der Waals surface area (Å²) in [5.74, 6) is 1.77. The average Bonchev–Trinajstić information content (AvgIpc) is 2.44. The second kappa shape index (κ2) is 6.41. The fourth-order valence-electron chi connectivity index (χ4n) is 2.89. The smallest absolute Gasteiger partial charge is 0.272 e. The molecule has 0 radical (unpaired) electrons. The number of hydrogen-bond donors (Lipinski definition) is 2. The summed E-state index contributed by atoms with van der Waals surface area (Å²) in [6.45, 7) is 8.45. The van der Waals surface area contributed by atoms with E-state index in [-0.39, 0.29) is 17.9 Å². The normalized spacial score (nSPS) is 25.9. The topological polar surface area (TPSA) is 80.9 Å². The van der Waals surface area contributed by atoms with Gasteiger partial charge in [0, 0.05) is 12.0 Å². The number of carbonyl (C=O) groups is 1. The lowest BCUT2D eigenvalue weighted by Crippen LogP contribution is -2.44. The maximum atomic E-state index is 12.5. The Morgan fingerprint density at radius 3 is 2.76 bits per heavy atom. The van der Waals surface area contributed by atoms with Gasteiger partial charge >= 0.3 is 0 Å². The molecule has 0 aliphatic heterocycles. The highest BCUT2D eigenvalue weighted by Crippen LogP contribution is 2.29. The average molecular weight is 290 g/mol. The Bertz CT molecular complexity index is 515.